The zero-order chi connectivity index (χ0) is 30.7. The van der Waals surface area contributed by atoms with Gasteiger partial charge in [0, 0.05) is 19.8 Å². The first-order valence-electron chi connectivity index (χ1n) is 13.1. The summed E-state index contributed by atoms with van der Waals surface area (Å²) in [7, 11) is 3.01. The van der Waals surface area contributed by atoms with Crippen molar-refractivity contribution in [2.75, 3.05) is 39.3 Å². The Morgan fingerprint density at radius 3 is 2.56 bits per heavy atom. The van der Waals surface area contributed by atoms with Crippen molar-refractivity contribution >= 4 is 54.3 Å². The number of hydrogen-bond donors (Lipinski definition) is 3. The maximum Gasteiger partial charge on any atom is 0.323 e. The Labute approximate surface area is 245 Å². The fourth-order valence-corrected chi connectivity index (χ4v) is 7.02. The molecule has 3 unspecified atom stereocenters. The van der Waals surface area contributed by atoms with Gasteiger partial charge in [-0.1, -0.05) is 18.3 Å². The van der Waals surface area contributed by atoms with E-state index >= 15 is 0 Å². The second kappa shape index (κ2) is 16.6. The van der Waals surface area contributed by atoms with Crippen molar-refractivity contribution in [3.63, 3.8) is 0 Å². The number of imidazole rings is 1. The van der Waals surface area contributed by atoms with E-state index in [2.05, 4.69) is 25.4 Å². The number of methoxy groups -OCH3 is 1. The first kappa shape index (κ1) is 34.4. The molecule has 41 heavy (non-hydrogen) atoms. The molecule has 0 aliphatic carbocycles. The average molecular weight is 617 g/mol. The Kier molecular flexibility index (Phi) is 13.9. The molecule has 15 nitrogen and oxygen atoms in total. The molecule has 2 amide bonds. The van der Waals surface area contributed by atoms with Crippen LogP contribution in [0.4, 0.5) is 5.95 Å². The largest absolute Gasteiger partial charge is 0.479 e. The Bertz CT molecular complexity index is 1160. The summed E-state index contributed by atoms with van der Waals surface area (Å²) in [6, 6.07) is -1.40. The van der Waals surface area contributed by atoms with Gasteiger partial charge in [0.2, 0.25) is 24.1 Å². The molecular formula is C24H41N8O7PS. The zero-order valence-electron chi connectivity index (χ0n) is 24.7. The normalized spacial score (nSPS) is 15.1. The van der Waals surface area contributed by atoms with E-state index in [9.17, 15) is 14.4 Å². The minimum atomic E-state index is -1.51. The van der Waals surface area contributed by atoms with Crippen LogP contribution in [0, 0.1) is 0 Å². The number of aromatic nitrogens is 4. The number of anilines is 1. The molecule has 2 aromatic heterocycles. The van der Waals surface area contributed by atoms with E-state index in [1.807, 2.05) is 13.8 Å². The van der Waals surface area contributed by atoms with Crippen molar-refractivity contribution in [3.8, 4) is 5.88 Å². The third-order valence-corrected chi connectivity index (χ3v) is 9.24. The predicted octanol–water partition coefficient (Wildman–Crippen LogP) is 1.84. The SMILES string of the molecule is CCC(COP(N[C@@H](C)C(=O)OC(C)C)SCC(C(=O)NC)N(C)C=O)O[C@H](C)n1cnc2c(OC)nc(N)nc21. The van der Waals surface area contributed by atoms with Gasteiger partial charge in [0.15, 0.2) is 18.7 Å². The number of hydrogen-bond acceptors (Lipinski definition) is 13. The van der Waals surface area contributed by atoms with E-state index < -0.39 is 31.8 Å². The van der Waals surface area contributed by atoms with Crippen molar-refractivity contribution in [1.82, 2.24) is 34.8 Å². The summed E-state index contributed by atoms with van der Waals surface area (Å²) in [6.45, 7) is 9.21. The lowest BCUT2D eigenvalue weighted by atomic mass is 10.3. The first-order valence-corrected chi connectivity index (χ1v) is 15.9. The molecule has 2 aromatic rings. The molecule has 230 valence electrons. The van der Waals surface area contributed by atoms with Gasteiger partial charge in [-0.2, -0.15) is 9.97 Å². The van der Waals surface area contributed by atoms with Gasteiger partial charge in [-0.25, -0.2) is 4.98 Å². The Morgan fingerprint density at radius 2 is 1.98 bits per heavy atom. The molecule has 2 heterocycles. The predicted molar refractivity (Wildman–Crippen MR) is 157 cm³/mol. The first-order chi connectivity index (χ1) is 19.4. The van der Waals surface area contributed by atoms with Crippen molar-refractivity contribution < 1.29 is 33.1 Å². The highest BCUT2D eigenvalue weighted by Crippen LogP contribution is 2.48. The number of esters is 1. The van der Waals surface area contributed by atoms with Gasteiger partial charge in [0.05, 0.1) is 32.3 Å². The van der Waals surface area contributed by atoms with E-state index in [0.717, 1.165) is 0 Å². The van der Waals surface area contributed by atoms with Crippen LogP contribution in [0.5, 0.6) is 5.88 Å². The van der Waals surface area contributed by atoms with E-state index in [4.69, 9.17) is 24.5 Å². The molecule has 2 rings (SSSR count). The molecule has 0 fully saturated rings. The van der Waals surface area contributed by atoms with E-state index in [-0.39, 0.29) is 42.3 Å². The topological polar surface area (TPSA) is 185 Å². The Morgan fingerprint density at radius 1 is 1.27 bits per heavy atom. The summed E-state index contributed by atoms with van der Waals surface area (Å²) in [6.07, 6.45) is 1.68. The standard InChI is InChI=1S/C24H41N8O7PS/c1-9-17(39-16(5)32-12-27-19-20(32)28-24(25)29-22(19)36-8)10-37-40(30-15(4)23(35)38-14(2)3)41-11-18(21(34)26-6)31(7)13-33/h12-18,30H,9-11H2,1-8H3,(H,26,34)(H2,25,28,29)/t15-,16+,17?,18?,40?/m0/s1. The lowest BCUT2D eigenvalue weighted by Crippen LogP contribution is -2.45. The molecular weight excluding hydrogens is 575 g/mol. The third kappa shape index (κ3) is 9.92. The second-order valence-corrected chi connectivity index (χ2v) is 12.7. The van der Waals surface area contributed by atoms with Gasteiger partial charge < -0.3 is 34.7 Å². The van der Waals surface area contributed by atoms with Gasteiger partial charge >= 0.3 is 5.97 Å². The van der Waals surface area contributed by atoms with Crippen LogP contribution >= 0.6 is 18.9 Å². The Balaban J connectivity index is 2.15. The van der Waals surface area contributed by atoms with Crippen LogP contribution in [-0.2, 0) is 28.4 Å². The highest BCUT2D eigenvalue weighted by atomic mass is 32.7. The number of carbonyl (C=O) groups excluding carboxylic acids is 3. The molecule has 17 heteroatoms. The molecule has 4 N–H and O–H groups in total. The lowest BCUT2D eigenvalue weighted by molar-refractivity contribution is -0.149. The fourth-order valence-electron chi connectivity index (χ4n) is 3.48. The highest BCUT2D eigenvalue weighted by Gasteiger charge is 2.28. The summed E-state index contributed by atoms with van der Waals surface area (Å²) in [5.74, 6) is -0.190. The molecule has 0 aliphatic heterocycles. The minimum absolute atomic E-state index is 0.0489. The lowest BCUT2D eigenvalue weighted by Gasteiger charge is -2.28. The number of carbonyl (C=O) groups is 3. The monoisotopic (exact) mass is 616 g/mol. The molecule has 0 aliphatic rings. The Hall–Kier alpha value is -2.78. The smallest absolute Gasteiger partial charge is 0.323 e. The van der Waals surface area contributed by atoms with Gasteiger partial charge in [-0.3, -0.25) is 24.0 Å². The molecule has 5 atom stereocenters. The number of fused-ring (bicyclic) bond motifs is 1. The van der Waals surface area contributed by atoms with Crippen LogP contribution in [0.25, 0.3) is 11.2 Å². The average Bonchev–Trinajstić information content (AvgIpc) is 3.37. The maximum atomic E-state index is 12.5. The number of nitrogens with zero attached hydrogens (tertiary/aromatic N) is 5. The van der Waals surface area contributed by atoms with Crippen molar-refractivity contribution in [2.24, 2.45) is 0 Å². The van der Waals surface area contributed by atoms with Crippen molar-refractivity contribution in [2.45, 2.75) is 71.6 Å². The second-order valence-electron chi connectivity index (χ2n) is 9.27. The van der Waals surface area contributed by atoms with E-state index in [1.165, 1.54) is 37.5 Å². The zero-order valence-corrected chi connectivity index (χ0v) is 26.4. The number of likely N-dealkylation sites (N-methyl/N-ethyl adjacent to an activating group) is 2. The van der Waals surface area contributed by atoms with Gasteiger partial charge in [-0.05, 0) is 34.1 Å². The summed E-state index contributed by atoms with van der Waals surface area (Å²) in [5, 5.41) is 5.74. The number of ether oxygens (including phenoxy) is 3. The minimum Gasteiger partial charge on any atom is -0.479 e. The van der Waals surface area contributed by atoms with E-state index in [0.29, 0.717) is 24.0 Å². The van der Waals surface area contributed by atoms with Crippen molar-refractivity contribution in [3.05, 3.63) is 6.33 Å². The maximum absolute atomic E-state index is 12.5. The summed E-state index contributed by atoms with van der Waals surface area (Å²) in [5.41, 5.74) is 6.76. The quantitative estimate of drug-likeness (QED) is 0.125. The molecule has 0 bridgehead atoms. The summed E-state index contributed by atoms with van der Waals surface area (Å²) >= 11 is 1.31. The summed E-state index contributed by atoms with van der Waals surface area (Å²) in [4.78, 5) is 50.2. The molecule has 0 aromatic carbocycles. The van der Waals surface area contributed by atoms with Crippen LogP contribution in [0.3, 0.4) is 0 Å². The van der Waals surface area contributed by atoms with Crippen LogP contribution in [0.1, 0.15) is 47.3 Å². The number of nitrogens with one attached hydrogen (secondary N) is 2. The highest BCUT2D eigenvalue weighted by molar-refractivity contribution is 8.53. The van der Waals surface area contributed by atoms with Crippen LogP contribution < -0.4 is 20.9 Å². The van der Waals surface area contributed by atoms with Crippen LogP contribution in [0.2, 0.25) is 0 Å². The van der Waals surface area contributed by atoms with Crippen molar-refractivity contribution in [1.29, 1.82) is 0 Å². The third-order valence-electron chi connectivity index (χ3n) is 5.78. The molecule has 0 spiro atoms. The van der Waals surface area contributed by atoms with E-state index in [1.54, 1.807) is 31.7 Å². The van der Waals surface area contributed by atoms with Gasteiger partial charge in [0.1, 0.15) is 18.3 Å². The van der Waals surface area contributed by atoms with Gasteiger partial charge in [-0.15, -0.1) is 0 Å². The van der Waals surface area contributed by atoms with Crippen LogP contribution in [0.15, 0.2) is 6.33 Å². The number of nitrogens with two attached hydrogens (primary N) is 1. The molecule has 0 saturated heterocycles. The molecule has 0 radical (unpaired) electrons. The fraction of sp³-hybridized carbons (Fsp3) is 0.667. The van der Waals surface area contributed by atoms with Gasteiger partial charge in [0.25, 0.3) is 0 Å². The number of nitrogen functional groups attached to an aromatic ring is 1. The number of amides is 2. The van der Waals surface area contributed by atoms with Crippen LogP contribution in [-0.4, -0.2) is 101 Å². The summed E-state index contributed by atoms with van der Waals surface area (Å²) < 4.78 is 24.8. The number of rotatable bonds is 18. The molecule has 0 saturated carbocycles.